The smallest absolute Gasteiger partial charge is 0.188 e. The number of nitrogens with zero attached hydrogens (tertiary/aromatic N) is 3. The number of nitrogens with one attached hydrogen (secondary N) is 1. The number of hydrogen-bond donors (Lipinski definition) is 2. The van der Waals surface area contributed by atoms with Crippen molar-refractivity contribution in [3.63, 3.8) is 0 Å². The van der Waals surface area contributed by atoms with E-state index in [-0.39, 0.29) is 0 Å². The molecule has 0 aromatic carbocycles. The number of guanidine groups is 1. The van der Waals surface area contributed by atoms with Crippen molar-refractivity contribution in [3.8, 4) is 0 Å². The van der Waals surface area contributed by atoms with Gasteiger partial charge < -0.3 is 20.9 Å². The molecule has 1 saturated heterocycles. The molecule has 0 spiro atoms. The fraction of sp³-hybridized carbons (Fsp3) is 0.929. The summed E-state index contributed by atoms with van der Waals surface area (Å²) in [5.74, 6) is 0.581. The van der Waals surface area contributed by atoms with E-state index in [0.29, 0.717) is 12.0 Å². The summed E-state index contributed by atoms with van der Waals surface area (Å²) in [7, 11) is 4.35. The molecule has 0 saturated carbocycles. The molecule has 1 unspecified atom stereocenters. The fourth-order valence-electron chi connectivity index (χ4n) is 2.37. The van der Waals surface area contributed by atoms with Crippen LogP contribution in [0, 0.1) is 0 Å². The quantitative estimate of drug-likeness (QED) is 0.551. The summed E-state index contributed by atoms with van der Waals surface area (Å²) in [6.07, 6.45) is 3.59. The monoisotopic (exact) mass is 269 g/mol. The van der Waals surface area contributed by atoms with Crippen molar-refractivity contribution >= 4 is 5.96 Å². The van der Waals surface area contributed by atoms with E-state index in [2.05, 4.69) is 48.1 Å². The molecule has 0 aromatic heterocycles. The predicted octanol–water partition coefficient (Wildman–Crippen LogP) is 0.715. The summed E-state index contributed by atoms with van der Waals surface area (Å²) in [6.45, 7) is 8.42. The maximum atomic E-state index is 5.84. The van der Waals surface area contributed by atoms with Crippen LogP contribution in [0.4, 0.5) is 0 Å². The van der Waals surface area contributed by atoms with Crippen molar-refractivity contribution in [1.29, 1.82) is 0 Å². The van der Waals surface area contributed by atoms with Gasteiger partial charge in [-0.05, 0) is 53.4 Å². The Kier molecular flexibility index (Phi) is 7.16. The second-order valence-electron chi connectivity index (χ2n) is 5.76. The van der Waals surface area contributed by atoms with Gasteiger partial charge in [0.15, 0.2) is 5.96 Å². The predicted molar refractivity (Wildman–Crippen MR) is 82.5 cm³/mol. The van der Waals surface area contributed by atoms with Gasteiger partial charge >= 0.3 is 0 Å². The van der Waals surface area contributed by atoms with Crippen molar-refractivity contribution < 1.29 is 0 Å². The highest BCUT2D eigenvalue weighted by Crippen LogP contribution is 2.13. The largest absolute Gasteiger partial charge is 0.370 e. The highest BCUT2D eigenvalue weighted by atomic mass is 15.2. The molecule has 19 heavy (non-hydrogen) atoms. The van der Waals surface area contributed by atoms with Crippen molar-refractivity contribution in [2.75, 3.05) is 40.3 Å². The number of rotatable bonds is 6. The molecule has 0 bridgehead atoms. The topological polar surface area (TPSA) is 56.9 Å². The normalized spacial score (nSPS) is 20.8. The van der Waals surface area contributed by atoms with Crippen LogP contribution in [-0.4, -0.2) is 68.1 Å². The fourth-order valence-corrected chi connectivity index (χ4v) is 2.37. The Bertz CT molecular complexity index is 269. The van der Waals surface area contributed by atoms with Gasteiger partial charge in [-0.25, -0.2) is 0 Å². The van der Waals surface area contributed by atoms with Crippen LogP contribution in [0.25, 0.3) is 0 Å². The Labute approximate surface area is 118 Å². The molecule has 1 atom stereocenters. The number of aliphatic imine (C=N–C) groups is 1. The summed E-state index contributed by atoms with van der Waals surface area (Å²) in [4.78, 5) is 9.21. The van der Waals surface area contributed by atoms with E-state index < -0.39 is 0 Å². The highest BCUT2D eigenvalue weighted by Gasteiger charge is 2.19. The maximum Gasteiger partial charge on any atom is 0.188 e. The van der Waals surface area contributed by atoms with E-state index in [9.17, 15) is 0 Å². The van der Waals surface area contributed by atoms with E-state index in [1.807, 2.05) is 0 Å². The number of piperidine rings is 1. The average molecular weight is 269 g/mol. The molecule has 1 aliphatic heterocycles. The molecule has 1 fully saturated rings. The minimum absolute atomic E-state index is 0.402. The van der Waals surface area contributed by atoms with E-state index in [4.69, 9.17) is 5.73 Å². The maximum absolute atomic E-state index is 5.84. The molecular weight excluding hydrogens is 238 g/mol. The SMILES string of the molecule is CCC(C)NC(N)=NCCN1CCC(N(C)C)CC1. The van der Waals surface area contributed by atoms with Gasteiger partial charge in [0.1, 0.15) is 0 Å². The van der Waals surface area contributed by atoms with Gasteiger partial charge in [0.2, 0.25) is 0 Å². The summed E-state index contributed by atoms with van der Waals surface area (Å²) in [6, 6.07) is 1.15. The lowest BCUT2D eigenvalue weighted by atomic mass is 10.0. The second-order valence-corrected chi connectivity index (χ2v) is 5.76. The zero-order valence-electron chi connectivity index (χ0n) is 13.0. The lowest BCUT2D eigenvalue weighted by molar-refractivity contribution is 0.148. The van der Waals surface area contributed by atoms with Crippen LogP contribution < -0.4 is 11.1 Å². The van der Waals surface area contributed by atoms with Gasteiger partial charge in [-0.1, -0.05) is 6.92 Å². The molecule has 1 heterocycles. The Morgan fingerprint density at radius 2 is 2.05 bits per heavy atom. The lowest BCUT2D eigenvalue weighted by Gasteiger charge is -2.34. The first-order chi connectivity index (χ1) is 9.02. The van der Waals surface area contributed by atoms with Crippen LogP contribution in [0.5, 0.6) is 0 Å². The highest BCUT2D eigenvalue weighted by molar-refractivity contribution is 5.78. The Hall–Kier alpha value is -0.810. The van der Waals surface area contributed by atoms with Crippen LogP contribution in [0.2, 0.25) is 0 Å². The van der Waals surface area contributed by atoms with Gasteiger partial charge in [-0.3, -0.25) is 4.99 Å². The van der Waals surface area contributed by atoms with Gasteiger partial charge in [0, 0.05) is 18.6 Å². The average Bonchev–Trinajstić information content (AvgIpc) is 2.39. The summed E-state index contributed by atoms with van der Waals surface area (Å²) >= 11 is 0. The van der Waals surface area contributed by atoms with Gasteiger partial charge in [-0.15, -0.1) is 0 Å². The first-order valence-electron chi connectivity index (χ1n) is 7.48. The van der Waals surface area contributed by atoms with E-state index in [1.54, 1.807) is 0 Å². The molecule has 0 aromatic rings. The molecule has 5 nitrogen and oxygen atoms in total. The zero-order valence-corrected chi connectivity index (χ0v) is 13.0. The van der Waals surface area contributed by atoms with Crippen LogP contribution in [0.3, 0.4) is 0 Å². The molecule has 3 N–H and O–H groups in total. The molecule has 5 heteroatoms. The van der Waals surface area contributed by atoms with Crippen LogP contribution in [-0.2, 0) is 0 Å². The van der Waals surface area contributed by atoms with E-state index in [1.165, 1.54) is 25.9 Å². The second kappa shape index (κ2) is 8.38. The number of nitrogens with two attached hydrogens (primary N) is 1. The molecule has 0 amide bonds. The summed E-state index contributed by atoms with van der Waals surface area (Å²) in [5.41, 5.74) is 5.84. The van der Waals surface area contributed by atoms with Crippen LogP contribution >= 0.6 is 0 Å². The zero-order chi connectivity index (χ0) is 14.3. The van der Waals surface area contributed by atoms with Crippen molar-refractivity contribution in [3.05, 3.63) is 0 Å². The van der Waals surface area contributed by atoms with Crippen LogP contribution in [0.1, 0.15) is 33.1 Å². The van der Waals surface area contributed by atoms with E-state index in [0.717, 1.165) is 25.6 Å². The Morgan fingerprint density at radius 1 is 1.42 bits per heavy atom. The number of likely N-dealkylation sites (tertiary alicyclic amines) is 1. The molecule has 0 aliphatic carbocycles. The summed E-state index contributed by atoms with van der Waals surface area (Å²) < 4.78 is 0. The third-order valence-corrected chi connectivity index (χ3v) is 3.99. The molecule has 112 valence electrons. The standard InChI is InChI=1S/C14H31N5/c1-5-12(2)17-14(15)16-8-11-19-9-6-13(7-10-19)18(3)4/h12-13H,5-11H2,1-4H3,(H3,15,16,17). The molecule has 1 aliphatic rings. The van der Waals surface area contributed by atoms with E-state index >= 15 is 0 Å². The lowest BCUT2D eigenvalue weighted by Crippen LogP contribution is -2.43. The van der Waals surface area contributed by atoms with Crippen molar-refractivity contribution in [1.82, 2.24) is 15.1 Å². The van der Waals surface area contributed by atoms with Gasteiger partial charge in [0.25, 0.3) is 0 Å². The summed E-state index contributed by atoms with van der Waals surface area (Å²) in [5, 5.41) is 3.19. The van der Waals surface area contributed by atoms with Crippen molar-refractivity contribution in [2.45, 2.75) is 45.2 Å². The molecule has 0 radical (unpaired) electrons. The van der Waals surface area contributed by atoms with Gasteiger partial charge in [-0.2, -0.15) is 0 Å². The third kappa shape index (κ3) is 6.25. The van der Waals surface area contributed by atoms with Gasteiger partial charge in [0.05, 0.1) is 6.54 Å². The first kappa shape index (κ1) is 16.2. The Morgan fingerprint density at radius 3 is 2.58 bits per heavy atom. The molecular formula is C14H31N5. The third-order valence-electron chi connectivity index (χ3n) is 3.99. The van der Waals surface area contributed by atoms with Crippen molar-refractivity contribution in [2.24, 2.45) is 10.7 Å². The minimum atomic E-state index is 0.402. The first-order valence-corrected chi connectivity index (χ1v) is 7.48. The minimum Gasteiger partial charge on any atom is -0.370 e. The Balaban J connectivity index is 2.18. The van der Waals surface area contributed by atoms with Crippen LogP contribution in [0.15, 0.2) is 4.99 Å². The molecule has 1 rings (SSSR count). The number of hydrogen-bond acceptors (Lipinski definition) is 3.